The highest BCUT2D eigenvalue weighted by Gasteiger charge is 2.61. The van der Waals surface area contributed by atoms with Gasteiger partial charge in [0.1, 0.15) is 23.2 Å². The number of amides is 2. The lowest BCUT2D eigenvalue weighted by Gasteiger charge is -2.28. The number of benzene rings is 3. The van der Waals surface area contributed by atoms with Crippen molar-refractivity contribution in [3.05, 3.63) is 95.3 Å². The van der Waals surface area contributed by atoms with Gasteiger partial charge >= 0.3 is 6.09 Å². The third-order valence-corrected chi connectivity index (χ3v) is 10.4. The number of alkyl carbamates (subject to hydrolysis) is 1. The molecule has 252 valence electrons. The van der Waals surface area contributed by atoms with Crippen LogP contribution >= 0.6 is 0 Å². The van der Waals surface area contributed by atoms with Crippen LogP contribution < -0.4 is 20.7 Å². The Labute approximate surface area is 290 Å². The van der Waals surface area contributed by atoms with Crippen LogP contribution in [0.2, 0.25) is 0 Å². The summed E-state index contributed by atoms with van der Waals surface area (Å²) in [5, 5.41) is 10.6. The highest BCUT2D eigenvalue weighted by Crippen LogP contribution is 2.61. The van der Waals surface area contributed by atoms with Crippen LogP contribution in [0.1, 0.15) is 48.2 Å². The van der Waals surface area contributed by atoms with Crippen molar-refractivity contribution >= 4 is 28.6 Å². The molecule has 0 radical (unpaired) electrons. The molecule has 0 aliphatic carbocycles. The molecule has 0 fully saturated rings. The molecule has 12 heteroatoms. The molecule has 1 spiro atoms. The monoisotopic (exact) mass is 678 g/mol. The average molecular weight is 679 g/mol. The van der Waals surface area contributed by atoms with Crippen molar-refractivity contribution in [3.63, 3.8) is 0 Å². The van der Waals surface area contributed by atoms with Gasteiger partial charge in [0.2, 0.25) is 17.7 Å². The van der Waals surface area contributed by atoms with E-state index in [-0.39, 0.29) is 30.7 Å². The first-order valence-electron chi connectivity index (χ1n) is 16.8. The minimum atomic E-state index is -1.06. The smallest absolute Gasteiger partial charge is 0.408 e. The number of rotatable bonds is 3. The van der Waals surface area contributed by atoms with E-state index in [9.17, 15) is 9.59 Å². The number of H-pyrrole nitrogens is 1. The summed E-state index contributed by atoms with van der Waals surface area (Å²) < 4.78 is 25.4. The summed E-state index contributed by atoms with van der Waals surface area (Å²) in [4.78, 5) is 40.0. The Morgan fingerprint density at radius 2 is 1.96 bits per heavy atom. The number of hydrogen-bond acceptors (Lipinski definition) is 9. The van der Waals surface area contributed by atoms with Crippen LogP contribution in [0.4, 0.5) is 10.5 Å². The molecule has 4 N–H and O–H groups in total. The molecule has 7 heterocycles. The van der Waals surface area contributed by atoms with Crippen molar-refractivity contribution in [1.29, 1.82) is 0 Å². The van der Waals surface area contributed by atoms with E-state index in [0.29, 0.717) is 23.0 Å². The van der Waals surface area contributed by atoms with Gasteiger partial charge in [0.15, 0.2) is 30.0 Å². The molecule has 6 aromatic rings. The summed E-state index contributed by atoms with van der Waals surface area (Å²) >= 11 is 0. The zero-order valence-electron chi connectivity index (χ0n) is 27.5. The van der Waals surface area contributed by atoms with Gasteiger partial charge in [0.05, 0.1) is 6.20 Å². The van der Waals surface area contributed by atoms with Crippen molar-refractivity contribution in [3.8, 4) is 52.1 Å². The summed E-state index contributed by atoms with van der Waals surface area (Å²) in [6.45, 7) is 3.69. The number of aromatic nitrogens is 3. The highest BCUT2D eigenvalue weighted by molar-refractivity contribution is 6.07. The summed E-state index contributed by atoms with van der Waals surface area (Å²) in [5.41, 5.74) is 6.59. The van der Waals surface area contributed by atoms with Gasteiger partial charge in [-0.2, -0.15) is 0 Å². The lowest BCUT2D eigenvalue weighted by atomic mass is 9.72. The van der Waals surface area contributed by atoms with E-state index in [4.69, 9.17) is 34.7 Å². The lowest BCUT2D eigenvalue weighted by molar-refractivity contribution is -0.124. The zero-order chi connectivity index (χ0) is 34.6. The Balaban J connectivity index is 1.29. The SMILES string of the molecule is C#CCOC(=O)NC1Cc2ccc3c(c2)C24c5cccc(c5NC2O3)-c2cccc3[nH]cc(c23)-c2cnc(o2)-c2nc(oc24)[C@H](C(C)C)NC1=O. The maximum Gasteiger partial charge on any atom is 0.408 e. The number of hydrogen-bond donors (Lipinski definition) is 4. The van der Waals surface area contributed by atoms with Gasteiger partial charge in [-0.25, -0.2) is 14.8 Å². The molecular weight excluding hydrogens is 648 g/mol. The summed E-state index contributed by atoms with van der Waals surface area (Å²) in [5.74, 6) is 3.90. The number of nitrogens with one attached hydrogen (secondary N) is 4. The lowest BCUT2D eigenvalue weighted by Crippen LogP contribution is -2.49. The van der Waals surface area contributed by atoms with Crippen molar-refractivity contribution in [1.82, 2.24) is 25.6 Å². The maximum atomic E-state index is 14.0. The molecule has 2 amide bonds. The third-order valence-electron chi connectivity index (χ3n) is 10.4. The van der Waals surface area contributed by atoms with Gasteiger partial charge in [-0.3, -0.25) is 4.79 Å². The first-order valence-corrected chi connectivity index (χ1v) is 16.8. The van der Waals surface area contributed by atoms with Crippen LogP contribution in [0.5, 0.6) is 5.75 Å². The van der Waals surface area contributed by atoms with E-state index < -0.39 is 35.7 Å². The van der Waals surface area contributed by atoms with Gasteiger partial charge in [0, 0.05) is 51.5 Å². The van der Waals surface area contributed by atoms with Crippen molar-refractivity contribution in [2.75, 3.05) is 11.9 Å². The van der Waals surface area contributed by atoms with Crippen LogP contribution in [0.15, 0.2) is 75.8 Å². The predicted octanol–water partition coefficient (Wildman–Crippen LogP) is 6.03. The van der Waals surface area contributed by atoms with Crippen molar-refractivity contribution in [2.45, 2.75) is 44.0 Å². The van der Waals surface area contributed by atoms with Gasteiger partial charge in [-0.15, -0.1) is 6.42 Å². The van der Waals surface area contributed by atoms with Crippen LogP contribution in [0.3, 0.4) is 0 Å². The van der Waals surface area contributed by atoms with E-state index >= 15 is 0 Å². The topological polar surface area (TPSA) is 157 Å². The first kappa shape index (κ1) is 29.4. The molecule has 0 saturated carbocycles. The molecule has 0 saturated heterocycles. The number of carbonyl (C=O) groups is 2. The van der Waals surface area contributed by atoms with Crippen molar-refractivity contribution in [2.24, 2.45) is 5.92 Å². The fourth-order valence-electron chi connectivity index (χ4n) is 8.15. The number of oxazole rings is 2. The fraction of sp³-hybridized carbons (Fsp3) is 0.231. The minimum Gasteiger partial charge on any atom is -0.469 e. The van der Waals surface area contributed by atoms with Gasteiger partial charge < -0.3 is 39.2 Å². The number of anilines is 1. The second kappa shape index (κ2) is 10.5. The van der Waals surface area contributed by atoms with Crippen LogP contribution in [0.25, 0.3) is 44.9 Å². The van der Waals surface area contributed by atoms with Crippen LogP contribution in [0, 0.1) is 18.3 Å². The number of para-hydroxylation sites is 1. The maximum absolute atomic E-state index is 14.0. The molecule has 10 rings (SSSR count). The number of nitrogens with zero attached hydrogens (tertiary/aromatic N) is 2. The zero-order valence-corrected chi connectivity index (χ0v) is 27.5. The molecule has 4 aliphatic heterocycles. The summed E-state index contributed by atoms with van der Waals surface area (Å²) in [6.07, 6.45) is 7.67. The van der Waals surface area contributed by atoms with E-state index in [1.54, 1.807) is 6.20 Å². The van der Waals surface area contributed by atoms with E-state index in [2.05, 4.69) is 51.1 Å². The predicted molar refractivity (Wildman–Crippen MR) is 186 cm³/mol. The molecule has 12 nitrogen and oxygen atoms in total. The van der Waals surface area contributed by atoms with Crippen LogP contribution in [-0.4, -0.2) is 45.8 Å². The second-order valence-electron chi connectivity index (χ2n) is 13.6. The fourth-order valence-corrected chi connectivity index (χ4v) is 8.15. The Bertz CT molecular complexity index is 2500. The summed E-state index contributed by atoms with van der Waals surface area (Å²) in [7, 11) is 0. The van der Waals surface area contributed by atoms with Crippen molar-refractivity contribution < 1.29 is 27.9 Å². The molecule has 3 aromatic heterocycles. The highest BCUT2D eigenvalue weighted by atomic mass is 16.5. The Hall–Kier alpha value is -6.48. The normalized spacial score (nSPS) is 21.8. The second-order valence-corrected chi connectivity index (χ2v) is 13.6. The number of fused-ring (bicyclic) bond motifs is 7. The minimum absolute atomic E-state index is 0.163. The summed E-state index contributed by atoms with van der Waals surface area (Å²) in [6, 6.07) is 16.5. The molecule has 4 aliphatic rings. The number of aromatic amines is 1. The van der Waals surface area contributed by atoms with Gasteiger partial charge in [-0.1, -0.05) is 62.2 Å². The third kappa shape index (κ3) is 4.03. The largest absolute Gasteiger partial charge is 0.469 e. The Morgan fingerprint density at radius 3 is 2.82 bits per heavy atom. The Kier molecular flexibility index (Phi) is 6.07. The molecule has 3 unspecified atom stereocenters. The van der Waals surface area contributed by atoms with E-state index in [1.807, 2.05) is 50.4 Å². The number of ether oxygens (including phenoxy) is 2. The van der Waals surface area contributed by atoms with Gasteiger partial charge in [-0.05, 0) is 29.2 Å². The first-order chi connectivity index (χ1) is 24.8. The number of terminal acetylenes is 1. The van der Waals surface area contributed by atoms with E-state index in [1.165, 1.54) is 0 Å². The molecule has 4 atom stereocenters. The quantitative estimate of drug-likeness (QED) is 0.164. The standard InChI is InChI=1S/C39H30N6O6/c1-4-13-48-38(47)42-26-15-19-11-12-27-24(14-19)39-23-9-5-8-21(31(23)45-37(39)50-27)20-7-6-10-25-29(20)22(16-40-25)28-17-41-35(49-28)32-33(39)51-36(44-32)30(18(2)3)43-34(26)46/h1,5-12,14,16-18,26,30,37,40,45H,13,15H2,2-3H3,(H,42,47)(H,43,46)/t26?,30-,37?,39?/m0/s1. The van der Waals surface area contributed by atoms with Gasteiger partial charge in [0.25, 0.3) is 0 Å². The molecule has 10 bridgehead atoms. The molecule has 51 heavy (non-hydrogen) atoms. The average Bonchev–Trinajstić information content (AvgIpc) is 3.95. The molecular formula is C39H30N6O6. The van der Waals surface area contributed by atoms with E-state index in [0.717, 1.165) is 50.0 Å². The number of carbonyl (C=O) groups excluding carboxylic acids is 2. The molecule has 3 aromatic carbocycles. The van der Waals surface area contributed by atoms with Crippen LogP contribution in [-0.2, 0) is 21.4 Å². The Morgan fingerprint density at radius 1 is 1.10 bits per heavy atom.